The number of amides is 2. The number of fused-ring (bicyclic) bond motifs is 1. The van der Waals surface area contributed by atoms with Gasteiger partial charge in [-0.3, -0.25) is 0 Å². The monoisotopic (exact) mass is 555 g/mol. The average molecular weight is 556 g/mol. The minimum Gasteiger partial charge on any atom is -0.465 e. The second-order valence-corrected chi connectivity index (χ2v) is 11.6. The third kappa shape index (κ3) is 7.97. The summed E-state index contributed by atoms with van der Waals surface area (Å²) in [5.74, 6) is -1.25. The van der Waals surface area contributed by atoms with Gasteiger partial charge >= 0.3 is 18.2 Å². The van der Waals surface area contributed by atoms with Crippen molar-refractivity contribution in [2.45, 2.75) is 65.7 Å². The molecule has 2 amide bonds. The Kier molecular flexibility index (Phi) is 9.12. The Bertz CT molecular complexity index is 1380. The van der Waals surface area contributed by atoms with E-state index in [2.05, 4.69) is 10.3 Å². The number of halogens is 1. The number of ether oxygens (including phenoxy) is 3. The van der Waals surface area contributed by atoms with Gasteiger partial charge in [-0.05, 0) is 76.8 Å². The van der Waals surface area contributed by atoms with Gasteiger partial charge in [0.1, 0.15) is 17.0 Å². The van der Waals surface area contributed by atoms with Crippen LogP contribution in [0.1, 0.15) is 63.0 Å². The zero-order valence-corrected chi connectivity index (χ0v) is 24.4. The minimum atomic E-state index is -0.670. The molecule has 0 radical (unpaired) electrons. The molecule has 3 rings (SSSR count). The number of nitrogens with one attached hydrogen (secondary N) is 2. The van der Waals surface area contributed by atoms with E-state index in [0.29, 0.717) is 35.1 Å². The normalized spacial score (nSPS) is 11.7. The van der Waals surface area contributed by atoms with Crippen LogP contribution in [0.2, 0.25) is 0 Å². The Morgan fingerprint density at radius 1 is 0.975 bits per heavy atom. The third-order valence-corrected chi connectivity index (χ3v) is 5.78. The molecule has 0 aliphatic heterocycles. The van der Waals surface area contributed by atoms with E-state index in [1.54, 1.807) is 27.8 Å². The number of carbonyl (C=O) groups is 3. The number of aromatic amines is 1. The summed E-state index contributed by atoms with van der Waals surface area (Å²) in [5.41, 5.74) is 2.31. The fourth-order valence-electron chi connectivity index (χ4n) is 4.19. The predicted molar refractivity (Wildman–Crippen MR) is 151 cm³/mol. The molecule has 0 aliphatic carbocycles. The van der Waals surface area contributed by atoms with Crippen LogP contribution >= 0.6 is 0 Å². The zero-order valence-electron chi connectivity index (χ0n) is 24.4. The molecule has 0 unspecified atom stereocenters. The highest BCUT2D eigenvalue weighted by atomic mass is 19.1. The van der Waals surface area contributed by atoms with Gasteiger partial charge in [0.25, 0.3) is 0 Å². The first-order chi connectivity index (χ1) is 18.6. The lowest BCUT2D eigenvalue weighted by Gasteiger charge is -2.24. The van der Waals surface area contributed by atoms with E-state index in [1.807, 2.05) is 45.0 Å². The van der Waals surface area contributed by atoms with Crippen LogP contribution in [-0.4, -0.2) is 59.9 Å². The fourth-order valence-corrected chi connectivity index (χ4v) is 4.19. The number of hydrogen-bond acceptors (Lipinski definition) is 6. The van der Waals surface area contributed by atoms with Crippen LogP contribution in [0.4, 0.5) is 14.0 Å². The van der Waals surface area contributed by atoms with Crippen LogP contribution in [-0.2, 0) is 27.2 Å². The van der Waals surface area contributed by atoms with Crippen LogP contribution < -0.4 is 5.32 Å². The lowest BCUT2D eigenvalue weighted by molar-refractivity contribution is 0.0284. The maximum absolute atomic E-state index is 14.5. The smallest absolute Gasteiger partial charge is 0.410 e. The highest BCUT2D eigenvalue weighted by molar-refractivity contribution is 6.07. The highest BCUT2D eigenvalue weighted by Crippen LogP contribution is 2.34. The Hall–Kier alpha value is -4.08. The van der Waals surface area contributed by atoms with E-state index in [4.69, 9.17) is 14.2 Å². The second-order valence-electron chi connectivity index (χ2n) is 11.6. The molecule has 0 aliphatic rings. The van der Waals surface area contributed by atoms with Crippen LogP contribution in [0.25, 0.3) is 22.2 Å². The van der Waals surface area contributed by atoms with E-state index >= 15 is 0 Å². The van der Waals surface area contributed by atoms with Crippen molar-refractivity contribution in [3.05, 3.63) is 58.9 Å². The number of hydrogen-bond donors (Lipinski definition) is 2. The molecule has 0 spiro atoms. The van der Waals surface area contributed by atoms with Gasteiger partial charge in [-0.15, -0.1) is 0 Å². The highest BCUT2D eigenvalue weighted by Gasteiger charge is 2.23. The molecule has 0 saturated heterocycles. The molecular formula is C30H38FN3O6. The van der Waals surface area contributed by atoms with E-state index in [0.717, 1.165) is 17.2 Å². The largest absolute Gasteiger partial charge is 0.465 e. The molecule has 3 aromatic rings. The summed E-state index contributed by atoms with van der Waals surface area (Å²) in [4.78, 5) is 41.9. The number of H-pyrrole nitrogens is 1. The first kappa shape index (κ1) is 30.5. The van der Waals surface area contributed by atoms with Gasteiger partial charge in [-0.1, -0.05) is 24.3 Å². The molecule has 0 saturated carbocycles. The molecular weight excluding hydrogens is 517 g/mol. The quantitative estimate of drug-likeness (QED) is 0.266. The van der Waals surface area contributed by atoms with E-state index in [-0.39, 0.29) is 12.1 Å². The van der Waals surface area contributed by atoms with Gasteiger partial charge in [-0.25, -0.2) is 18.8 Å². The van der Waals surface area contributed by atoms with Crippen molar-refractivity contribution in [2.75, 3.05) is 20.7 Å². The number of carbonyl (C=O) groups excluding carboxylic acids is 3. The van der Waals surface area contributed by atoms with Gasteiger partial charge in [-0.2, -0.15) is 0 Å². The van der Waals surface area contributed by atoms with Crippen molar-refractivity contribution >= 4 is 29.1 Å². The van der Waals surface area contributed by atoms with E-state index in [1.165, 1.54) is 18.1 Å². The number of methoxy groups -OCH3 is 1. The van der Waals surface area contributed by atoms with Crippen LogP contribution in [0.5, 0.6) is 0 Å². The lowest BCUT2D eigenvalue weighted by atomic mass is 9.98. The number of aromatic nitrogens is 1. The fraction of sp³-hybridized carbons (Fsp3) is 0.433. The Morgan fingerprint density at radius 2 is 1.60 bits per heavy atom. The topological polar surface area (TPSA) is 110 Å². The molecule has 1 aromatic heterocycles. The molecule has 0 bridgehead atoms. The summed E-state index contributed by atoms with van der Waals surface area (Å²) in [6.07, 6.45) is -0.663. The van der Waals surface area contributed by atoms with Crippen molar-refractivity contribution < 1.29 is 33.0 Å². The molecule has 0 atom stereocenters. The Morgan fingerprint density at radius 3 is 2.17 bits per heavy atom. The lowest BCUT2D eigenvalue weighted by Crippen LogP contribution is -2.33. The number of nitrogens with zero attached hydrogens (tertiary/aromatic N) is 1. The van der Waals surface area contributed by atoms with E-state index in [9.17, 15) is 18.8 Å². The Labute approximate surface area is 234 Å². The first-order valence-corrected chi connectivity index (χ1v) is 13.0. The first-order valence-electron chi connectivity index (χ1n) is 13.0. The van der Waals surface area contributed by atoms with Crippen molar-refractivity contribution in [3.63, 3.8) is 0 Å². The average Bonchev–Trinajstić information content (AvgIpc) is 3.19. The summed E-state index contributed by atoms with van der Waals surface area (Å²) in [6.45, 7) is 11.3. The van der Waals surface area contributed by atoms with Gasteiger partial charge in [0.05, 0.1) is 12.7 Å². The van der Waals surface area contributed by atoms with Crippen LogP contribution in [0.15, 0.2) is 36.4 Å². The molecule has 40 heavy (non-hydrogen) atoms. The molecule has 2 aromatic carbocycles. The van der Waals surface area contributed by atoms with Crippen molar-refractivity contribution in [1.82, 2.24) is 15.2 Å². The summed E-state index contributed by atoms with van der Waals surface area (Å²) < 4.78 is 30.1. The molecule has 2 N–H and O–H groups in total. The second kappa shape index (κ2) is 12.0. The van der Waals surface area contributed by atoms with Crippen LogP contribution in [0, 0.1) is 5.82 Å². The molecule has 0 fully saturated rings. The molecule has 216 valence electrons. The summed E-state index contributed by atoms with van der Waals surface area (Å²) in [7, 11) is 2.90. The van der Waals surface area contributed by atoms with Crippen molar-refractivity contribution in [1.29, 1.82) is 0 Å². The zero-order chi connectivity index (χ0) is 29.8. The summed E-state index contributed by atoms with van der Waals surface area (Å²) in [6, 6.07) is 9.98. The summed E-state index contributed by atoms with van der Waals surface area (Å²) >= 11 is 0. The van der Waals surface area contributed by atoms with Crippen molar-refractivity contribution in [3.8, 4) is 11.3 Å². The molecule has 9 nitrogen and oxygen atoms in total. The molecule has 1 heterocycles. The summed E-state index contributed by atoms with van der Waals surface area (Å²) in [5, 5.41) is 3.25. The van der Waals surface area contributed by atoms with Gasteiger partial charge in [0.2, 0.25) is 0 Å². The Balaban J connectivity index is 1.95. The SMILES string of the molecule is COC(=O)c1cc(F)cc2[nH]c(-c3ccc(CN(C)C(=O)OC(C)(C)C)cc3)c(CCNC(=O)OC(C)(C)C)c12. The van der Waals surface area contributed by atoms with E-state index < -0.39 is 35.2 Å². The number of esters is 1. The van der Waals surface area contributed by atoms with Gasteiger partial charge < -0.3 is 29.4 Å². The predicted octanol–water partition coefficient (Wildman–Crippen LogP) is 6.19. The van der Waals surface area contributed by atoms with Gasteiger partial charge in [0.15, 0.2) is 0 Å². The number of rotatable bonds is 7. The third-order valence-electron chi connectivity index (χ3n) is 5.78. The standard InChI is InChI=1S/C30H38FN3O6/c1-29(2,3)39-27(36)32-14-13-21-24-22(26(35)38-8)15-20(31)16-23(24)33-25(21)19-11-9-18(10-12-19)17-34(7)28(37)40-30(4,5)6/h9-12,15-16,33H,13-14,17H2,1-8H3,(H,32,36). The minimum absolute atomic E-state index is 0.0860. The maximum atomic E-state index is 14.5. The van der Waals surface area contributed by atoms with Crippen molar-refractivity contribution in [2.24, 2.45) is 0 Å². The van der Waals surface area contributed by atoms with Gasteiger partial charge in [0, 0.05) is 36.7 Å². The number of alkyl carbamates (subject to hydrolysis) is 1. The number of benzene rings is 2. The maximum Gasteiger partial charge on any atom is 0.410 e. The van der Waals surface area contributed by atoms with Crippen LogP contribution in [0.3, 0.4) is 0 Å². The molecule has 10 heteroatoms.